The Morgan fingerprint density at radius 1 is 1.43 bits per heavy atom. The second-order valence-corrected chi connectivity index (χ2v) is 5.02. The molecular weight excluding hydrogens is 313 g/mol. The van der Waals surface area contributed by atoms with Crippen LogP contribution in [0.15, 0.2) is 28.9 Å². The summed E-state index contributed by atoms with van der Waals surface area (Å²) in [6.45, 7) is 0.0294. The zero-order valence-corrected chi connectivity index (χ0v) is 12.3. The standard InChI is InChI=1S/C14H15F3N4O2/c1-21-7-6-20-12(21)13(22,14(15,16)17)4-5-19-9-11-3-2-10(8-18)23-11/h2-3,6-7,19,22H,4-5,9H2,1H3. The molecule has 2 heterocycles. The van der Waals surface area contributed by atoms with Gasteiger partial charge in [0.25, 0.3) is 0 Å². The van der Waals surface area contributed by atoms with Crippen molar-refractivity contribution in [3.8, 4) is 6.07 Å². The highest BCUT2D eigenvalue weighted by Crippen LogP contribution is 2.40. The van der Waals surface area contributed by atoms with Gasteiger partial charge in [0, 0.05) is 25.9 Å². The Morgan fingerprint density at radius 3 is 2.70 bits per heavy atom. The van der Waals surface area contributed by atoms with Crippen LogP contribution in [0.5, 0.6) is 0 Å². The Bertz CT molecular complexity index is 701. The minimum atomic E-state index is -4.85. The first kappa shape index (κ1) is 17.1. The molecule has 0 aliphatic rings. The third-order valence-electron chi connectivity index (χ3n) is 3.39. The van der Waals surface area contributed by atoms with Crippen molar-refractivity contribution in [3.63, 3.8) is 0 Å². The molecule has 6 nitrogen and oxygen atoms in total. The summed E-state index contributed by atoms with van der Waals surface area (Å²) >= 11 is 0. The molecule has 0 aromatic carbocycles. The molecule has 0 radical (unpaired) electrons. The predicted molar refractivity (Wildman–Crippen MR) is 72.9 cm³/mol. The second-order valence-electron chi connectivity index (χ2n) is 5.02. The zero-order valence-electron chi connectivity index (χ0n) is 12.3. The van der Waals surface area contributed by atoms with Crippen LogP contribution in [0.3, 0.4) is 0 Å². The number of halogens is 3. The third-order valence-corrected chi connectivity index (χ3v) is 3.39. The van der Waals surface area contributed by atoms with Gasteiger partial charge in [-0.1, -0.05) is 0 Å². The van der Waals surface area contributed by atoms with Crippen molar-refractivity contribution in [2.75, 3.05) is 6.54 Å². The molecule has 124 valence electrons. The van der Waals surface area contributed by atoms with Gasteiger partial charge in [-0.25, -0.2) is 4.98 Å². The molecule has 0 spiro atoms. The van der Waals surface area contributed by atoms with E-state index in [4.69, 9.17) is 9.68 Å². The van der Waals surface area contributed by atoms with E-state index >= 15 is 0 Å². The summed E-state index contributed by atoms with van der Waals surface area (Å²) in [4.78, 5) is 3.62. The number of imidazole rings is 1. The molecule has 0 bridgehead atoms. The van der Waals surface area contributed by atoms with Crippen molar-refractivity contribution in [2.24, 2.45) is 7.05 Å². The van der Waals surface area contributed by atoms with Crippen LogP contribution in [0.1, 0.15) is 23.8 Å². The molecule has 2 N–H and O–H groups in total. The number of nitrogens with zero attached hydrogens (tertiary/aromatic N) is 3. The molecule has 9 heteroatoms. The van der Waals surface area contributed by atoms with Gasteiger partial charge in [0.15, 0.2) is 0 Å². The highest BCUT2D eigenvalue weighted by atomic mass is 19.4. The number of nitrogens with one attached hydrogen (secondary N) is 1. The molecule has 1 atom stereocenters. The van der Waals surface area contributed by atoms with Gasteiger partial charge < -0.3 is 19.4 Å². The number of aromatic nitrogens is 2. The van der Waals surface area contributed by atoms with Crippen LogP contribution in [0.2, 0.25) is 0 Å². The minimum Gasteiger partial charge on any atom is -0.449 e. The average molecular weight is 328 g/mol. The maximum absolute atomic E-state index is 13.3. The van der Waals surface area contributed by atoms with Gasteiger partial charge in [-0.15, -0.1) is 0 Å². The van der Waals surface area contributed by atoms with E-state index in [9.17, 15) is 18.3 Å². The Kier molecular flexibility index (Phi) is 4.77. The van der Waals surface area contributed by atoms with Crippen LogP contribution in [0.25, 0.3) is 0 Å². The summed E-state index contributed by atoms with van der Waals surface area (Å²) in [6, 6.07) is 4.84. The monoisotopic (exact) mass is 328 g/mol. The van der Waals surface area contributed by atoms with E-state index < -0.39 is 24.0 Å². The molecule has 0 saturated heterocycles. The van der Waals surface area contributed by atoms with Crippen LogP contribution >= 0.6 is 0 Å². The van der Waals surface area contributed by atoms with Crippen molar-refractivity contribution in [1.29, 1.82) is 5.26 Å². The van der Waals surface area contributed by atoms with Gasteiger partial charge in [0.05, 0.1) is 6.54 Å². The van der Waals surface area contributed by atoms with Crippen molar-refractivity contribution in [1.82, 2.24) is 14.9 Å². The molecule has 0 aliphatic heterocycles. The lowest BCUT2D eigenvalue weighted by Crippen LogP contribution is -2.46. The molecule has 0 amide bonds. The van der Waals surface area contributed by atoms with E-state index in [1.165, 1.54) is 25.5 Å². The summed E-state index contributed by atoms with van der Waals surface area (Å²) < 4.78 is 46.0. The highest BCUT2D eigenvalue weighted by Gasteiger charge is 2.56. The van der Waals surface area contributed by atoms with Gasteiger partial charge in [-0.2, -0.15) is 18.4 Å². The van der Waals surface area contributed by atoms with Crippen LogP contribution in [0, 0.1) is 11.3 Å². The van der Waals surface area contributed by atoms with E-state index in [2.05, 4.69) is 10.3 Å². The molecule has 2 aromatic rings. The fourth-order valence-corrected chi connectivity index (χ4v) is 2.16. The Hall–Kier alpha value is -2.31. The third kappa shape index (κ3) is 3.55. The van der Waals surface area contributed by atoms with Gasteiger partial charge in [0.2, 0.25) is 11.4 Å². The normalized spacial score (nSPS) is 14.4. The van der Waals surface area contributed by atoms with Crippen molar-refractivity contribution < 1.29 is 22.7 Å². The lowest BCUT2D eigenvalue weighted by molar-refractivity contribution is -0.272. The number of aliphatic hydroxyl groups is 1. The van der Waals surface area contributed by atoms with Crippen molar-refractivity contribution >= 4 is 0 Å². The average Bonchev–Trinajstić information content (AvgIpc) is 3.11. The van der Waals surface area contributed by atoms with Gasteiger partial charge >= 0.3 is 6.18 Å². The zero-order chi connectivity index (χ0) is 17.1. The molecule has 0 fully saturated rings. The number of hydrogen-bond acceptors (Lipinski definition) is 5. The summed E-state index contributed by atoms with van der Waals surface area (Å²) in [5.74, 6) is 0.0901. The van der Waals surface area contributed by atoms with Gasteiger partial charge in [0.1, 0.15) is 17.7 Å². The highest BCUT2D eigenvalue weighted by molar-refractivity contribution is 5.19. The van der Waals surface area contributed by atoms with E-state index in [1.807, 2.05) is 6.07 Å². The molecule has 2 rings (SSSR count). The summed E-state index contributed by atoms with van der Waals surface area (Å²) in [6.07, 6.45) is -2.92. The maximum atomic E-state index is 13.3. The fraction of sp³-hybridized carbons (Fsp3) is 0.429. The molecule has 2 aromatic heterocycles. The van der Waals surface area contributed by atoms with E-state index in [1.54, 1.807) is 6.07 Å². The Balaban J connectivity index is 2.00. The van der Waals surface area contributed by atoms with Crippen LogP contribution in [-0.4, -0.2) is 27.4 Å². The number of furan rings is 1. The minimum absolute atomic E-state index is 0.120. The van der Waals surface area contributed by atoms with Crippen molar-refractivity contribution in [3.05, 3.63) is 41.9 Å². The second kappa shape index (κ2) is 6.44. The quantitative estimate of drug-likeness (QED) is 0.790. The first-order chi connectivity index (χ1) is 10.8. The fourth-order valence-electron chi connectivity index (χ4n) is 2.16. The van der Waals surface area contributed by atoms with Crippen molar-refractivity contribution in [2.45, 2.75) is 24.7 Å². The summed E-state index contributed by atoms with van der Waals surface area (Å²) in [7, 11) is 1.39. The number of rotatable bonds is 6. The van der Waals surface area contributed by atoms with E-state index in [0.717, 1.165) is 4.57 Å². The topological polar surface area (TPSA) is 87.0 Å². The SMILES string of the molecule is Cn1ccnc1C(O)(CCNCc1ccc(C#N)o1)C(F)(F)F. The summed E-state index contributed by atoms with van der Waals surface area (Å²) in [5, 5.41) is 21.5. The first-order valence-electron chi connectivity index (χ1n) is 6.74. The number of aryl methyl sites for hydroxylation is 1. The number of nitriles is 1. The van der Waals surface area contributed by atoms with Crippen LogP contribution in [-0.2, 0) is 19.2 Å². The van der Waals surface area contributed by atoms with Gasteiger partial charge in [-0.3, -0.25) is 0 Å². The molecule has 1 unspecified atom stereocenters. The van der Waals surface area contributed by atoms with Gasteiger partial charge in [-0.05, 0) is 18.7 Å². The predicted octanol–water partition coefficient (Wildman–Crippen LogP) is 1.81. The smallest absolute Gasteiger partial charge is 0.424 e. The molecule has 0 aliphatic carbocycles. The molecule has 23 heavy (non-hydrogen) atoms. The van der Waals surface area contributed by atoms with E-state index in [-0.39, 0.29) is 18.8 Å². The largest absolute Gasteiger partial charge is 0.449 e. The molecule has 0 saturated carbocycles. The number of hydrogen-bond donors (Lipinski definition) is 2. The lowest BCUT2D eigenvalue weighted by Gasteiger charge is -2.30. The molecular formula is C14H15F3N4O2. The van der Waals surface area contributed by atoms with Crippen LogP contribution < -0.4 is 5.32 Å². The lowest BCUT2D eigenvalue weighted by atomic mass is 9.97. The number of alkyl halides is 3. The Labute approximate surface area is 130 Å². The maximum Gasteiger partial charge on any atom is 0.424 e. The first-order valence-corrected chi connectivity index (χ1v) is 6.74. The summed E-state index contributed by atoms with van der Waals surface area (Å²) in [5.41, 5.74) is -3.04. The Morgan fingerprint density at radius 2 is 2.17 bits per heavy atom. The van der Waals surface area contributed by atoms with Crippen LogP contribution in [0.4, 0.5) is 13.2 Å². The van der Waals surface area contributed by atoms with E-state index in [0.29, 0.717) is 5.76 Å².